The summed E-state index contributed by atoms with van der Waals surface area (Å²) >= 11 is 0. The van der Waals surface area contributed by atoms with Crippen LogP contribution in [-0.4, -0.2) is 13.1 Å². The molecule has 0 saturated carbocycles. The van der Waals surface area contributed by atoms with Gasteiger partial charge in [-0.3, -0.25) is 0 Å². The van der Waals surface area contributed by atoms with Crippen molar-refractivity contribution >= 4 is 17.4 Å². The third-order valence-electron chi connectivity index (χ3n) is 1.52. The van der Waals surface area contributed by atoms with Gasteiger partial charge in [0.1, 0.15) is 5.75 Å². The highest BCUT2D eigenvalue weighted by Crippen LogP contribution is 2.23. The lowest BCUT2D eigenvalue weighted by Crippen LogP contribution is -2.20. The smallest absolute Gasteiger partial charge is 0.316 e. The minimum absolute atomic E-state index is 0.444. The molecule has 70 valence electrons. The Morgan fingerprint density at radius 2 is 2.23 bits per heavy atom. The number of nitrogen functional groups attached to an aromatic ring is 1. The fourth-order valence-corrected chi connectivity index (χ4v) is 0.903. The maximum atomic E-state index is 10.5. The first-order chi connectivity index (χ1) is 6.13. The summed E-state index contributed by atoms with van der Waals surface area (Å²) in [6.45, 7) is 0. The molecule has 0 radical (unpaired) electrons. The lowest BCUT2D eigenvalue weighted by Gasteiger charge is -2.07. The van der Waals surface area contributed by atoms with E-state index >= 15 is 0 Å². The quantitative estimate of drug-likeness (QED) is 0.588. The number of ether oxygens (including phenoxy) is 1. The molecule has 1 rings (SSSR count). The Morgan fingerprint density at radius 1 is 1.54 bits per heavy atom. The summed E-state index contributed by atoms with van der Waals surface area (Å²) in [5.74, 6) is 0.609. The second-order valence-electron chi connectivity index (χ2n) is 2.44. The number of hydrogen-bond acceptors (Lipinski definition) is 3. The number of hydrogen-bond donors (Lipinski definition) is 3. The minimum Gasteiger partial charge on any atom is -0.497 e. The number of carbonyl (C=O) groups excluding carboxylic acids is 1. The van der Waals surface area contributed by atoms with Gasteiger partial charge in [0.25, 0.3) is 0 Å². The number of carbonyl (C=O) groups is 1. The van der Waals surface area contributed by atoms with Crippen molar-refractivity contribution in [1.82, 2.24) is 0 Å². The first-order valence-corrected chi connectivity index (χ1v) is 3.63. The van der Waals surface area contributed by atoms with Crippen molar-refractivity contribution in [2.45, 2.75) is 0 Å². The molecule has 0 aliphatic heterocycles. The summed E-state index contributed by atoms with van der Waals surface area (Å²) in [5, 5.41) is 2.38. The highest BCUT2D eigenvalue weighted by atomic mass is 16.5. The summed E-state index contributed by atoms with van der Waals surface area (Å²) in [4.78, 5) is 10.5. The van der Waals surface area contributed by atoms with Gasteiger partial charge in [-0.2, -0.15) is 0 Å². The van der Waals surface area contributed by atoms with Crippen LogP contribution in [0.3, 0.4) is 0 Å². The Morgan fingerprint density at radius 3 is 2.77 bits per heavy atom. The van der Waals surface area contributed by atoms with Crippen molar-refractivity contribution in [2.24, 2.45) is 5.73 Å². The topological polar surface area (TPSA) is 90.4 Å². The maximum absolute atomic E-state index is 10.5. The third-order valence-corrected chi connectivity index (χ3v) is 1.52. The van der Waals surface area contributed by atoms with E-state index in [0.29, 0.717) is 17.1 Å². The summed E-state index contributed by atoms with van der Waals surface area (Å²) in [5.41, 5.74) is 11.4. The molecule has 5 nitrogen and oxygen atoms in total. The molecule has 0 unspecified atom stereocenters. The van der Waals surface area contributed by atoms with E-state index in [1.54, 1.807) is 18.2 Å². The van der Waals surface area contributed by atoms with Crippen molar-refractivity contribution < 1.29 is 9.53 Å². The van der Waals surface area contributed by atoms with Gasteiger partial charge in [-0.1, -0.05) is 0 Å². The second-order valence-corrected chi connectivity index (χ2v) is 2.44. The molecular formula is C8H11N3O2. The van der Waals surface area contributed by atoms with Gasteiger partial charge in [0.2, 0.25) is 0 Å². The van der Waals surface area contributed by atoms with Crippen LogP contribution in [0.25, 0.3) is 0 Å². The fraction of sp³-hybridized carbons (Fsp3) is 0.125. The van der Waals surface area contributed by atoms with Crippen LogP contribution in [-0.2, 0) is 0 Å². The lowest BCUT2D eigenvalue weighted by atomic mass is 10.2. The predicted octanol–water partition coefficient (Wildman–Crippen LogP) is 0.768. The molecule has 0 fully saturated rings. The van der Waals surface area contributed by atoms with Crippen LogP contribution in [0, 0.1) is 0 Å². The lowest BCUT2D eigenvalue weighted by molar-refractivity contribution is 0.259. The molecule has 0 heterocycles. The first-order valence-electron chi connectivity index (χ1n) is 3.63. The van der Waals surface area contributed by atoms with Gasteiger partial charge in [0.15, 0.2) is 0 Å². The normalized spacial score (nSPS) is 9.31. The number of amides is 2. The van der Waals surface area contributed by atoms with E-state index in [-0.39, 0.29) is 0 Å². The highest BCUT2D eigenvalue weighted by Gasteiger charge is 2.02. The van der Waals surface area contributed by atoms with Gasteiger partial charge in [0, 0.05) is 6.07 Å². The van der Waals surface area contributed by atoms with E-state index in [4.69, 9.17) is 16.2 Å². The summed E-state index contributed by atoms with van der Waals surface area (Å²) in [6, 6.07) is 4.27. The van der Waals surface area contributed by atoms with Gasteiger partial charge in [-0.25, -0.2) is 4.79 Å². The molecule has 0 aliphatic carbocycles. The summed E-state index contributed by atoms with van der Waals surface area (Å²) in [6.07, 6.45) is 0. The molecule has 1 aromatic carbocycles. The van der Waals surface area contributed by atoms with Gasteiger partial charge in [-0.15, -0.1) is 0 Å². The molecule has 0 atom stereocenters. The highest BCUT2D eigenvalue weighted by molar-refractivity contribution is 5.91. The van der Waals surface area contributed by atoms with Gasteiger partial charge >= 0.3 is 6.03 Å². The molecule has 13 heavy (non-hydrogen) atoms. The van der Waals surface area contributed by atoms with Crippen molar-refractivity contribution in [3.8, 4) is 5.75 Å². The molecule has 0 aliphatic rings. The monoisotopic (exact) mass is 181 g/mol. The zero-order valence-corrected chi connectivity index (χ0v) is 7.20. The van der Waals surface area contributed by atoms with Crippen molar-refractivity contribution in [2.75, 3.05) is 18.2 Å². The van der Waals surface area contributed by atoms with Crippen LogP contribution in [0.1, 0.15) is 0 Å². The first kappa shape index (κ1) is 9.18. The van der Waals surface area contributed by atoms with Gasteiger partial charge < -0.3 is 21.5 Å². The van der Waals surface area contributed by atoms with Crippen LogP contribution in [0.2, 0.25) is 0 Å². The van der Waals surface area contributed by atoms with Crippen molar-refractivity contribution in [3.05, 3.63) is 18.2 Å². The van der Waals surface area contributed by atoms with E-state index in [1.165, 1.54) is 7.11 Å². The molecular weight excluding hydrogens is 170 g/mol. The second kappa shape index (κ2) is 3.66. The standard InChI is InChI=1S/C8H11N3O2/c1-13-5-2-3-6(9)7(4-5)11-8(10)12/h2-4H,9H2,1H3,(H3,10,11,12). The Labute approximate surface area is 75.7 Å². The van der Waals surface area contributed by atoms with E-state index in [9.17, 15) is 4.79 Å². The zero-order valence-electron chi connectivity index (χ0n) is 7.20. The molecule has 0 spiro atoms. The minimum atomic E-state index is -0.653. The number of benzene rings is 1. The van der Waals surface area contributed by atoms with Crippen LogP contribution >= 0.6 is 0 Å². The van der Waals surface area contributed by atoms with Crippen molar-refractivity contribution in [1.29, 1.82) is 0 Å². The predicted molar refractivity (Wildman–Crippen MR) is 50.6 cm³/mol. The average molecular weight is 181 g/mol. The molecule has 0 aromatic heterocycles. The van der Waals surface area contributed by atoms with E-state index < -0.39 is 6.03 Å². The van der Waals surface area contributed by atoms with Crippen LogP contribution < -0.4 is 21.5 Å². The number of rotatable bonds is 2. The maximum Gasteiger partial charge on any atom is 0.316 e. The number of methoxy groups -OCH3 is 1. The van der Waals surface area contributed by atoms with Crippen LogP contribution in [0.5, 0.6) is 5.75 Å². The van der Waals surface area contributed by atoms with Crippen molar-refractivity contribution in [3.63, 3.8) is 0 Å². The number of primary amides is 1. The summed E-state index contributed by atoms with van der Waals surface area (Å²) in [7, 11) is 1.53. The van der Waals surface area contributed by atoms with E-state index in [1.807, 2.05) is 0 Å². The molecule has 5 N–H and O–H groups in total. The zero-order chi connectivity index (χ0) is 9.84. The third kappa shape index (κ3) is 2.26. The molecule has 0 saturated heterocycles. The fourth-order valence-electron chi connectivity index (χ4n) is 0.903. The summed E-state index contributed by atoms with van der Waals surface area (Å²) < 4.78 is 4.94. The van der Waals surface area contributed by atoms with Gasteiger partial charge in [0.05, 0.1) is 18.5 Å². The van der Waals surface area contributed by atoms with E-state index in [0.717, 1.165) is 0 Å². The average Bonchev–Trinajstić information content (AvgIpc) is 2.08. The Hall–Kier alpha value is -1.91. The molecule has 5 heteroatoms. The Kier molecular flexibility index (Phi) is 2.59. The number of nitrogens with one attached hydrogen (secondary N) is 1. The molecule has 1 aromatic rings. The molecule has 2 amide bonds. The Balaban J connectivity index is 2.96. The molecule has 0 bridgehead atoms. The van der Waals surface area contributed by atoms with Gasteiger partial charge in [-0.05, 0) is 12.1 Å². The van der Waals surface area contributed by atoms with Crippen LogP contribution in [0.4, 0.5) is 16.2 Å². The van der Waals surface area contributed by atoms with Crippen LogP contribution in [0.15, 0.2) is 18.2 Å². The number of nitrogens with two attached hydrogens (primary N) is 2. The SMILES string of the molecule is COc1ccc(N)c(NC(N)=O)c1. The number of anilines is 2. The number of urea groups is 1. The van der Waals surface area contributed by atoms with E-state index in [2.05, 4.69) is 5.32 Å². The largest absolute Gasteiger partial charge is 0.497 e. The Bertz CT molecular complexity index is 325.